The predicted molar refractivity (Wildman–Crippen MR) is 101 cm³/mol. The second-order valence-electron chi connectivity index (χ2n) is 7.52. The molecule has 1 aliphatic carbocycles. The highest BCUT2D eigenvalue weighted by molar-refractivity contribution is 6.30. The van der Waals surface area contributed by atoms with Gasteiger partial charge in [-0.1, -0.05) is 30.2 Å². The molecule has 2 atom stereocenters. The molecule has 138 valence electrons. The van der Waals surface area contributed by atoms with E-state index in [4.69, 9.17) is 16.3 Å². The Morgan fingerprint density at radius 3 is 2.84 bits per heavy atom. The normalized spacial score (nSPS) is 26.9. The van der Waals surface area contributed by atoms with Crippen LogP contribution in [0.15, 0.2) is 24.3 Å². The van der Waals surface area contributed by atoms with Crippen LogP contribution in [0.5, 0.6) is 0 Å². The number of amides is 1. The van der Waals surface area contributed by atoms with Gasteiger partial charge in [0.25, 0.3) is 0 Å². The summed E-state index contributed by atoms with van der Waals surface area (Å²) in [5, 5.41) is 3.80. The molecule has 0 bridgehead atoms. The van der Waals surface area contributed by atoms with Crippen LogP contribution >= 0.6 is 11.6 Å². The second-order valence-corrected chi connectivity index (χ2v) is 7.96. The Labute approximate surface area is 155 Å². The molecule has 25 heavy (non-hydrogen) atoms. The summed E-state index contributed by atoms with van der Waals surface area (Å²) in [6.07, 6.45) is 7.25. The van der Waals surface area contributed by atoms with Crippen molar-refractivity contribution < 1.29 is 9.53 Å². The van der Waals surface area contributed by atoms with Crippen molar-refractivity contribution in [3.63, 3.8) is 0 Å². The minimum absolute atomic E-state index is 0.123. The fourth-order valence-electron chi connectivity index (χ4n) is 4.59. The van der Waals surface area contributed by atoms with Crippen LogP contribution in [0, 0.1) is 5.41 Å². The van der Waals surface area contributed by atoms with Crippen LogP contribution < -0.4 is 5.32 Å². The van der Waals surface area contributed by atoms with Crippen molar-refractivity contribution >= 4 is 17.5 Å². The van der Waals surface area contributed by atoms with E-state index >= 15 is 0 Å². The number of hydrogen-bond acceptors (Lipinski definition) is 3. The second kappa shape index (κ2) is 8.52. The van der Waals surface area contributed by atoms with Gasteiger partial charge in [0.05, 0.1) is 12.6 Å². The number of halogens is 1. The fourth-order valence-corrected chi connectivity index (χ4v) is 4.72. The topological polar surface area (TPSA) is 41.6 Å². The average Bonchev–Trinajstić information content (AvgIpc) is 2.98. The molecule has 2 fully saturated rings. The van der Waals surface area contributed by atoms with Crippen LogP contribution in [0.2, 0.25) is 5.02 Å². The maximum absolute atomic E-state index is 12.3. The number of rotatable bonds is 6. The Hall–Kier alpha value is -1.10. The molecule has 1 spiro atoms. The molecular weight excluding hydrogens is 336 g/mol. The third-order valence-corrected chi connectivity index (χ3v) is 6.06. The maximum atomic E-state index is 12.3. The van der Waals surface area contributed by atoms with E-state index in [1.165, 1.54) is 24.8 Å². The molecule has 0 radical (unpaired) electrons. The van der Waals surface area contributed by atoms with Crippen LogP contribution in [0.4, 0.5) is 0 Å². The molecule has 1 aromatic carbocycles. The van der Waals surface area contributed by atoms with Gasteiger partial charge in [0.1, 0.15) is 0 Å². The van der Waals surface area contributed by atoms with E-state index in [0.717, 1.165) is 37.4 Å². The summed E-state index contributed by atoms with van der Waals surface area (Å²) in [5.74, 6) is 0.123. The van der Waals surface area contributed by atoms with Crippen molar-refractivity contribution in [3.05, 3.63) is 34.9 Å². The van der Waals surface area contributed by atoms with E-state index < -0.39 is 0 Å². The van der Waals surface area contributed by atoms with Crippen molar-refractivity contribution in [2.75, 3.05) is 33.3 Å². The summed E-state index contributed by atoms with van der Waals surface area (Å²) < 4.78 is 5.74. The van der Waals surface area contributed by atoms with E-state index in [9.17, 15) is 4.79 Å². The van der Waals surface area contributed by atoms with Crippen LogP contribution in [0.3, 0.4) is 0 Å². The van der Waals surface area contributed by atoms with Crippen molar-refractivity contribution in [1.82, 2.24) is 10.2 Å². The maximum Gasteiger partial charge on any atom is 0.234 e. The molecule has 1 N–H and O–H groups in total. The highest BCUT2D eigenvalue weighted by Crippen LogP contribution is 2.46. The Kier molecular flexibility index (Phi) is 6.37. The van der Waals surface area contributed by atoms with Gasteiger partial charge in [-0.25, -0.2) is 0 Å². The Morgan fingerprint density at radius 2 is 2.08 bits per heavy atom. The third-order valence-electron chi connectivity index (χ3n) is 5.81. The standard InChI is InChI=1S/C20H29ClN2O2/c1-25-18-4-2-10-20(18)11-3-13-23(15-20)14-19(24)22-12-9-16-5-7-17(21)8-6-16/h5-8,18H,2-4,9-15H2,1H3,(H,22,24)/t18-,20-/m1/s1. The number of carbonyl (C=O) groups is 1. The molecular formula is C20H29ClN2O2. The summed E-state index contributed by atoms with van der Waals surface area (Å²) in [5.41, 5.74) is 1.46. The van der Waals surface area contributed by atoms with Crippen molar-refractivity contribution in [2.45, 2.75) is 44.6 Å². The molecule has 1 aliphatic heterocycles. The molecule has 5 heteroatoms. The average molecular weight is 365 g/mol. The number of nitrogens with one attached hydrogen (secondary N) is 1. The van der Waals surface area contributed by atoms with Gasteiger partial charge in [0, 0.05) is 30.6 Å². The molecule has 4 nitrogen and oxygen atoms in total. The van der Waals surface area contributed by atoms with E-state index in [0.29, 0.717) is 19.2 Å². The predicted octanol–water partition coefficient (Wildman–Crippen LogP) is 3.28. The monoisotopic (exact) mass is 364 g/mol. The molecule has 0 aromatic heterocycles. The van der Waals surface area contributed by atoms with Gasteiger partial charge in [-0.3, -0.25) is 9.69 Å². The lowest BCUT2D eigenvalue weighted by Gasteiger charge is -2.43. The lowest BCUT2D eigenvalue weighted by molar-refractivity contribution is -0.123. The van der Waals surface area contributed by atoms with Crippen LogP contribution in [0.1, 0.15) is 37.7 Å². The number of methoxy groups -OCH3 is 1. The quantitative estimate of drug-likeness (QED) is 0.842. The highest BCUT2D eigenvalue weighted by Gasteiger charge is 2.45. The first kappa shape index (κ1) is 18.7. The lowest BCUT2D eigenvalue weighted by Crippen LogP contribution is -2.50. The van der Waals surface area contributed by atoms with E-state index in [1.54, 1.807) is 0 Å². The number of benzene rings is 1. The van der Waals surface area contributed by atoms with Gasteiger partial charge in [-0.2, -0.15) is 0 Å². The SMILES string of the molecule is CO[C@@H]1CCC[C@]12CCCN(CC(=O)NCCc1ccc(Cl)cc1)C2. The molecule has 1 aromatic rings. The molecule has 1 heterocycles. The largest absolute Gasteiger partial charge is 0.381 e. The molecule has 0 unspecified atom stereocenters. The van der Waals surface area contributed by atoms with Crippen molar-refractivity contribution in [3.8, 4) is 0 Å². The first-order valence-electron chi connectivity index (χ1n) is 9.38. The van der Waals surface area contributed by atoms with Gasteiger partial charge in [0.2, 0.25) is 5.91 Å². The summed E-state index contributed by atoms with van der Waals surface area (Å²) >= 11 is 5.89. The number of nitrogens with zero attached hydrogens (tertiary/aromatic N) is 1. The number of ether oxygens (including phenoxy) is 1. The van der Waals surface area contributed by atoms with Gasteiger partial charge in [-0.15, -0.1) is 0 Å². The molecule has 3 rings (SSSR count). The highest BCUT2D eigenvalue weighted by atomic mass is 35.5. The minimum Gasteiger partial charge on any atom is -0.381 e. The van der Waals surface area contributed by atoms with Crippen LogP contribution in [0.25, 0.3) is 0 Å². The minimum atomic E-state index is 0.123. The van der Waals surface area contributed by atoms with Crippen LogP contribution in [-0.4, -0.2) is 50.2 Å². The van der Waals surface area contributed by atoms with Crippen molar-refractivity contribution in [1.29, 1.82) is 0 Å². The summed E-state index contributed by atoms with van der Waals surface area (Å²) in [6, 6.07) is 7.79. The number of hydrogen-bond donors (Lipinski definition) is 1. The first-order valence-corrected chi connectivity index (χ1v) is 9.75. The number of likely N-dealkylation sites (tertiary alicyclic amines) is 1. The van der Waals surface area contributed by atoms with E-state index in [1.807, 2.05) is 31.4 Å². The Bertz CT molecular complexity index is 578. The molecule has 1 saturated heterocycles. The summed E-state index contributed by atoms with van der Waals surface area (Å²) in [6.45, 7) is 3.18. The van der Waals surface area contributed by atoms with Gasteiger partial charge >= 0.3 is 0 Å². The third kappa shape index (κ3) is 4.75. The molecule has 2 aliphatic rings. The molecule has 1 saturated carbocycles. The summed E-state index contributed by atoms with van der Waals surface area (Å²) in [4.78, 5) is 14.6. The lowest BCUT2D eigenvalue weighted by atomic mass is 9.76. The smallest absolute Gasteiger partial charge is 0.234 e. The Morgan fingerprint density at radius 1 is 1.32 bits per heavy atom. The van der Waals surface area contributed by atoms with Gasteiger partial charge in [0.15, 0.2) is 0 Å². The number of piperidine rings is 1. The first-order chi connectivity index (χ1) is 12.1. The summed E-state index contributed by atoms with van der Waals surface area (Å²) in [7, 11) is 1.83. The number of carbonyl (C=O) groups excluding carboxylic acids is 1. The van der Waals surface area contributed by atoms with Crippen molar-refractivity contribution in [2.24, 2.45) is 5.41 Å². The zero-order chi connectivity index (χ0) is 17.7. The van der Waals surface area contributed by atoms with E-state index in [-0.39, 0.29) is 11.3 Å². The zero-order valence-electron chi connectivity index (χ0n) is 15.1. The van der Waals surface area contributed by atoms with Gasteiger partial charge in [-0.05, 0) is 56.3 Å². The zero-order valence-corrected chi connectivity index (χ0v) is 15.9. The van der Waals surface area contributed by atoms with Gasteiger partial charge < -0.3 is 10.1 Å². The van der Waals surface area contributed by atoms with E-state index in [2.05, 4.69) is 10.2 Å². The molecule has 1 amide bonds. The Balaban J connectivity index is 1.44. The fraction of sp³-hybridized carbons (Fsp3) is 0.650. The van der Waals surface area contributed by atoms with Crippen LogP contribution in [-0.2, 0) is 16.0 Å².